The van der Waals surface area contributed by atoms with Crippen LogP contribution in [-0.4, -0.2) is 33.0 Å². The van der Waals surface area contributed by atoms with Crippen LogP contribution in [0.15, 0.2) is 54.7 Å². The van der Waals surface area contributed by atoms with Crippen molar-refractivity contribution in [3.05, 3.63) is 70.4 Å². The van der Waals surface area contributed by atoms with E-state index in [0.717, 1.165) is 16.7 Å². The first-order valence-electron chi connectivity index (χ1n) is 10.3. The fourth-order valence-electron chi connectivity index (χ4n) is 3.72. The Bertz CT molecular complexity index is 1110. The number of ether oxygens (including phenoxy) is 2. The van der Waals surface area contributed by atoms with Crippen molar-refractivity contribution in [2.24, 2.45) is 0 Å². The molecule has 174 valence electrons. The van der Waals surface area contributed by atoms with E-state index in [-0.39, 0.29) is 29.7 Å². The maximum absolute atomic E-state index is 12.3. The largest absolute Gasteiger partial charge is 0.573 e. The Morgan fingerprint density at radius 3 is 2.39 bits per heavy atom. The molecule has 2 atom stereocenters. The summed E-state index contributed by atoms with van der Waals surface area (Å²) in [4.78, 5) is 14.3. The molecule has 1 aliphatic heterocycles. The summed E-state index contributed by atoms with van der Waals surface area (Å²) in [5.74, 6) is -0.507. The highest BCUT2D eigenvalue weighted by Gasteiger charge is 2.34. The van der Waals surface area contributed by atoms with Crippen molar-refractivity contribution in [1.29, 1.82) is 0 Å². The van der Waals surface area contributed by atoms with Gasteiger partial charge in [0.2, 0.25) is 0 Å². The van der Waals surface area contributed by atoms with Gasteiger partial charge in [0, 0.05) is 18.1 Å². The molecule has 0 amide bonds. The molecule has 8 nitrogen and oxygen atoms in total. The van der Waals surface area contributed by atoms with E-state index < -0.39 is 11.3 Å². The Balaban J connectivity index is 1.38. The van der Waals surface area contributed by atoms with Gasteiger partial charge in [0.05, 0.1) is 6.04 Å². The van der Waals surface area contributed by atoms with E-state index in [1.807, 2.05) is 31.2 Å². The maximum Gasteiger partial charge on any atom is 0.573 e. The zero-order valence-corrected chi connectivity index (χ0v) is 17.6. The van der Waals surface area contributed by atoms with Crippen molar-refractivity contribution in [1.82, 2.24) is 14.9 Å². The molecule has 0 fully saturated rings. The van der Waals surface area contributed by atoms with E-state index in [1.54, 1.807) is 16.7 Å². The van der Waals surface area contributed by atoms with E-state index >= 15 is 0 Å². The predicted molar refractivity (Wildman–Crippen MR) is 113 cm³/mol. The van der Waals surface area contributed by atoms with Crippen LogP contribution in [0.1, 0.15) is 18.9 Å². The van der Waals surface area contributed by atoms with E-state index in [4.69, 9.17) is 4.74 Å². The predicted octanol–water partition coefficient (Wildman–Crippen LogP) is 4.69. The van der Waals surface area contributed by atoms with Crippen LogP contribution in [0.4, 0.5) is 19.0 Å². The van der Waals surface area contributed by atoms with Crippen molar-refractivity contribution < 1.29 is 27.6 Å². The number of imidazole rings is 1. The topological polar surface area (TPSA) is 91.5 Å². The van der Waals surface area contributed by atoms with Crippen LogP contribution in [0.25, 0.3) is 11.1 Å². The van der Waals surface area contributed by atoms with Crippen molar-refractivity contribution in [2.75, 3.05) is 0 Å². The minimum Gasteiger partial charge on any atom is -0.441 e. The quantitative estimate of drug-likeness (QED) is 0.405. The molecular weight excluding hydrogens is 441 g/mol. The molecule has 0 bridgehead atoms. The van der Waals surface area contributed by atoms with Crippen LogP contribution in [0.2, 0.25) is 0 Å². The molecule has 4 rings (SSSR count). The summed E-state index contributed by atoms with van der Waals surface area (Å²) in [6, 6.07) is 13.5. The molecule has 1 aliphatic rings. The number of hydrogen-bond donors (Lipinski definition) is 1. The van der Waals surface area contributed by atoms with Crippen LogP contribution >= 0.6 is 0 Å². The van der Waals surface area contributed by atoms with Gasteiger partial charge in [-0.05, 0) is 40.2 Å². The number of rotatable bonds is 7. The highest BCUT2D eigenvalue weighted by atomic mass is 19.4. The van der Waals surface area contributed by atoms with E-state index in [0.29, 0.717) is 19.5 Å². The molecule has 0 aliphatic carbocycles. The molecule has 0 saturated heterocycles. The molecule has 0 radical (unpaired) electrons. The lowest BCUT2D eigenvalue weighted by Gasteiger charge is -2.31. The third-order valence-electron chi connectivity index (χ3n) is 5.36. The Kier molecular flexibility index (Phi) is 6.23. The minimum atomic E-state index is -4.72. The van der Waals surface area contributed by atoms with Crippen molar-refractivity contribution in [3.63, 3.8) is 0 Å². The summed E-state index contributed by atoms with van der Waals surface area (Å²) >= 11 is 0. The van der Waals surface area contributed by atoms with Gasteiger partial charge in [0.25, 0.3) is 0 Å². The third-order valence-corrected chi connectivity index (χ3v) is 5.36. The SMILES string of the molecule is CC[C@@H]1Oc2nc([N+](=O)[O-])cn2C[C@@H]1NCc1ccc(-c2ccc(OC(F)(F)F)cc2)cc1. The zero-order chi connectivity index (χ0) is 23.6. The first-order chi connectivity index (χ1) is 15.7. The number of halogens is 3. The second-order valence-corrected chi connectivity index (χ2v) is 7.61. The fraction of sp³-hybridized carbons (Fsp3) is 0.318. The van der Waals surface area contributed by atoms with Crippen molar-refractivity contribution >= 4 is 5.82 Å². The first-order valence-corrected chi connectivity index (χ1v) is 10.3. The summed E-state index contributed by atoms with van der Waals surface area (Å²) in [6.07, 6.45) is -2.80. The van der Waals surface area contributed by atoms with Crippen molar-refractivity contribution in [2.45, 2.75) is 44.9 Å². The van der Waals surface area contributed by atoms with Crippen LogP contribution in [-0.2, 0) is 13.1 Å². The first kappa shape index (κ1) is 22.6. The second kappa shape index (κ2) is 9.10. The van der Waals surface area contributed by atoms with Gasteiger partial charge in [-0.3, -0.25) is 4.57 Å². The van der Waals surface area contributed by atoms with Gasteiger partial charge < -0.3 is 24.9 Å². The number of nitrogens with zero attached hydrogens (tertiary/aromatic N) is 3. The molecule has 3 aromatic rings. The normalized spacial score (nSPS) is 17.8. The number of aromatic nitrogens is 2. The molecule has 0 unspecified atom stereocenters. The number of hydrogen-bond acceptors (Lipinski definition) is 6. The lowest BCUT2D eigenvalue weighted by Crippen LogP contribution is -2.48. The molecule has 2 heterocycles. The fourth-order valence-corrected chi connectivity index (χ4v) is 3.72. The van der Waals surface area contributed by atoms with Crippen LogP contribution in [0, 0.1) is 10.1 Å². The zero-order valence-electron chi connectivity index (χ0n) is 17.6. The summed E-state index contributed by atoms with van der Waals surface area (Å²) in [6.45, 7) is 3.03. The van der Waals surface area contributed by atoms with Gasteiger partial charge in [-0.2, -0.15) is 0 Å². The lowest BCUT2D eigenvalue weighted by molar-refractivity contribution is -0.389. The van der Waals surface area contributed by atoms with E-state index in [1.165, 1.54) is 18.3 Å². The molecule has 33 heavy (non-hydrogen) atoms. The molecule has 2 aromatic carbocycles. The monoisotopic (exact) mass is 462 g/mol. The summed E-state index contributed by atoms with van der Waals surface area (Å²) in [5, 5.41) is 14.4. The Labute approximate surface area is 187 Å². The summed E-state index contributed by atoms with van der Waals surface area (Å²) < 4.78 is 48.3. The summed E-state index contributed by atoms with van der Waals surface area (Å²) in [5.41, 5.74) is 2.64. The number of nitro groups is 1. The third kappa shape index (κ3) is 5.43. The number of nitrogens with one attached hydrogen (secondary N) is 1. The molecule has 0 spiro atoms. The van der Waals surface area contributed by atoms with Gasteiger partial charge in [0.1, 0.15) is 18.1 Å². The van der Waals surface area contributed by atoms with E-state index in [2.05, 4.69) is 15.0 Å². The van der Waals surface area contributed by atoms with Gasteiger partial charge in [-0.25, -0.2) is 0 Å². The standard InChI is InChI=1S/C22H21F3N4O4/c1-2-19-18(12-28-13-20(29(30)31)27-21(28)32-19)26-11-14-3-5-15(6-4-14)16-7-9-17(10-8-16)33-22(23,24)25/h3-10,13,18-19,26H,2,11-12H2,1H3/t18-,19-/m0/s1. The second-order valence-electron chi connectivity index (χ2n) is 7.61. The highest BCUT2D eigenvalue weighted by molar-refractivity contribution is 5.64. The van der Waals surface area contributed by atoms with Gasteiger partial charge in [-0.1, -0.05) is 43.3 Å². The lowest BCUT2D eigenvalue weighted by atomic mass is 10.0. The Morgan fingerprint density at radius 1 is 1.18 bits per heavy atom. The molecular formula is C22H21F3N4O4. The van der Waals surface area contributed by atoms with Crippen LogP contribution < -0.4 is 14.8 Å². The maximum atomic E-state index is 12.3. The van der Waals surface area contributed by atoms with E-state index in [9.17, 15) is 23.3 Å². The molecule has 11 heteroatoms. The van der Waals surface area contributed by atoms with Crippen LogP contribution in [0.3, 0.4) is 0 Å². The number of fused-ring (bicyclic) bond motifs is 1. The average molecular weight is 462 g/mol. The number of alkyl halides is 3. The van der Waals surface area contributed by atoms with Gasteiger partial charge in [0.15, 0.2) is 0 Å². The molecule has 1 aromatic heterocycles. The van der Waals surface area contributed by atoms with Gasteiger partial charge >= 0.3 is 18.2 Å². The van der Waals surface area contributed by atoms with Crippen molar-refractivity contribution in [3.8, 4) is 22.9 Å². The highest BCUT2D eigenvalue weighted by Crippen LogP contribution is 2.28. The van der Waals surface area contributed by atoms with Crippen LogP contribution in [0.5, 0.6) is 11.8 Å². The summed E-state index contributed by atoms with van der Waals surface area (Å²) in [7, 11) is 0. The van der Waals surface area contributed by atoms with Gasteiger partial charge in [-0.15, -0.1) is 13.2 Å². The smallest absolute Gasteiger partial charge is 0.441 e. The molecule has 1 N–H and O–H groups in total. The molecule has 0 saturated carbocycles. The Morgan fingerprint density at radius 2 is 1.82 bits per heavy atom. The minimum absolute atomic E-state index is 0.0582. The average Bonchev–Trinajstić information content (AvgIpc) is 3.20. The Hall–Kier alpha value is -3.60. The number of benzene rings is 2.